The quantitative estimate of drug-likeness (QED) is 0.430. The molecule has 3 N–H and O–H groups in total. The molecule has 6 nitrogen and oxygen atoms in total. The molecule has 0 fully saturated rings. The number of hydrogen-bond acceptors (Lipinski definition) is 5. The number of anilines is 1. The van der Waals surface area contributed by atoms with Crippen LogP contribution in [-0.2, 0) is 10.1 Å². The highest BCUT2D eigenvalue weighted by molar-refractivity contribution is 7.86. The van der Waals surface area contributed by atoms with Crippen LogP contribution in [-0.4, -0.2) is 13.0 Å². The van der Waals surface area contributed by atoms with Gasteiger partial charge >= 0.3 is 5.63 Å². The van der Waals surface area contributed by atoms with Crippen molar-refractivity contribution >= 4 is 26.8 Å². The van der Waals surface area contributed by atoms with E-state index in [-0.39, 0.29) is 11.3 Å². The highest BCUT2D eigenvalue weighted by atomic mass is 32.2. The van der Waals surface area contributed by atoms with Crippen LogP contribution < -0.4 is 11.4 Å². The molecule has 2 rings (SSSR count). The lowest BCUT2D eigenvalue weighted by Gasteiger charge is -2.04. The molecule has 0 amide bonds. The van der Waals surface area contributed by atoms with Gasteiger partial charge in [0.1, 0.15) is 0 Å². The standard InChI is InChI=1S/C9H7NO5S/c10-6-3-1-5-2-4-7(11)15-8(5)9(6)16(12,13)14/h1-4H,10H2,(H,12,13,14). The fourth-order valence-electron chi connectivity index (χ4n) is 1.39. The Hall–Kier alpha value is -1.86. The molecule has 2 aromatic rings. The van der Waals surface area contributed by atoms with Gasteiger partial charge in [0.05, 0.1) is 5.69 Å². The van der Waals surface area contributed by atoms with Crippen molar-refractivity contribution in [2.45, 2.75) is 4.90 Å². The van der Waals surface area contributed by atoms with Crippen LogP contribution in [0.25, 0.3) is 11.0 Å². The minimum atomic E-state index is -4.53. The van der Waals surface area contributed by atoms with Gasteiger partial charge in [-0.25, -0.2) is 4.79 Å². The second-order valence-corrected chi connectivity index (χ2v) is 4.49. The smallest absolute Gasteiger partial charge is 0.336 e. The lowest BCUT2D eigenvalue weighted by atomic mass is 10.2. The SMILES string of the molecule is Nc1ccc2ccc(=O)oc2c1S(=O)(=O)O. The van der Waals surface area contributed by atoms with Gasteiger partial charge in [-0.05, 0) is 18.2 Å². The summed E-state index contributed by atoms with van der Waals surface area (Å²) in [7, 11) is -4.53. The largest absolute Gasteiger partial charge is 0.421 e. The van der Waals surface area contributed by atoms with Crippen molar-refractivity contribution < 1.29 is 17.4 Å². The third-order valence-electron chi connectivity index (χ3n) is 2.03. The van der Waals surface area contributed by atoms with Crippen molar-refractivity contribution in [2.75, 3.05) is 5.73 Å². The molecule has 1 heterocycles. The van der Waals surface area contributed by atoms with E-state index in [1.54, 1.807) is 0 Å². The second-order valence-electron chi connectivity index (χ2n) is 3.13. The van der Waals surface area contributed by atoms with E-state index < -0.39 is 20.6 Å². The maximum Gasteiger partial charge on any atom is 0.336 e. The van der Waals surface area contributed by atoms with Crippen molar-refractivity contribution in [1.82, 2.24) is 0 Å². The van der Waals surface area contributed by atoms with E-state index in [1.165, 1.54) is 18.2 Å². The molecule has 84 valence electrons. The molecule has 0 aliphatic carbocycles. The third kappa shape index (κ3) is 1.66. The van der Waals surface area contributed by atoms with Crippen molar-refractivity contribution in [2.24, 2.45) is 0 Å². The Morgan fingerprint density at radius 2 is 1.81 bits per heavy atom. The van der Waals surface area contributed by atoms with Crippen LogP contribution in [0.1, 0.15) is 0 Å². The summed E-state index contributed by atoms with van der Waals surface area (Å²) in [5.41, 5.74) is 4.28. The molecule has 0 aliphatic rings. The number of hydrogen-bond donors (Lipinski definition) is 2. The van der Waals surface area contributed by atoms with Gasteiger partial charge in [0.2, 0.25) is 0 Å². The van der Waals surface area contributed by atoms with Gasteiger partial charge in [-0.15, -0.1) is 0 Å². The summed E-state index contributed by atoms with van der Waals surface area (Å²) in [4.78, 5) is 10.4. The minimum Gasteiger partial charge on any atom is -0.421 e. The van der Waals surface area contributed by atoms with Crippen LogP contribution >= 0.6 is 0 Å². The molecule has 0 spiro atoms. The van der Waals surface area contributed by atoms with Crippen LogP contribution in [0.5, 0.6) is 0 Å². The maximum atomic E-state index is 11.1. The van der Waals surface area contributed by atoms with Crippen molar-refractivity contribution in [3.8, 4) is 0 Å². The molecule has 1 aromatic carbocycles. The molecule has 0 radical (unpaired) electrons. The molecule has 0 saturated carbocycles. The Balaban J connectivity index is 3.06. The molecule has 0 bridgehead atoms. The average molecular weight is 241 g/mol. The van der Waals surface area contributed by atoms with E-state index in [2.05, 4.69) is 0 Å². The fraction of sp³-hybridized carbons (Fsp3) is 0. The van der Waals surface area contributed by atoms with Gasteiger partial charge < -0.3 is 10.2 Å². The summed E-state index contributed by atoms with van der Waals surface area (Å²) < 4.78 is 35.9. The number of benzene rings is 1. The normalized spacial score (nSPS) is 11.8. The molecular weight excluding hydrogens is 234 g/mol. The van der Waals surface area contributed by atoms with E-state index in [0.717, 1.165) is 6.07 Å². The number of nitrogen functional groups attached to an aromatic ring is 1. The van der Waals surface area contributed by atoms with Crippen LogP contribution in [0.3, 0.4) is 0 Å². The number of fused-ring (bicyclic) bond motifs is 1. The zero-order valence-electron chi connectivity index (χ0n) is 7.88. The first-order valence-electron chi connectivity index (χ1n) is 4.19. The fourth-order valence-corrected chi connectivity index (χ4v) is 2.15. The van der Waals surface area contributed by atoms with E-state index in [1.807, 2.05) is 0 Å². The van der Waals surface area contributed by atoms with Crippen LogP contribution in [0.4, 0.5) is 5.69 Å². The van der Waals surface area contributed by atoms with Crippen molar-refractivity contribution in [1.29, 1.82) is 0 Å². The summed E-state index contributed by atoms with van der Waals surface area (Å²) in [6, 6.07) is 5.33. The van der Waals surface area contributed by atoms with Crippen LogP contribution in [0.2, 0.25) is 0 Å². The predicted octanol–water partition coefficient (Wildman–Crippen LogP) is 0.622. The average Bonchev–Trinajstić information content (AvgIpc) is 2.14. The molecule has 0 unspecified atom stereocenters. The predicted molar refractivity (Wildman–Crippen MR) is 56.7 cm³/mol. The van der Waals surface area contributed by atoms with Gasteiger partial charge in [0, 0.05) is 11.5 Å². The molecule has 7 heteroatoms. The summed E-state index contributed by atoms with van der Waals surface area (Å²) in [5, 5.41) is 0.362. The maximum absolute atomic E-state index is 11.1. The molecule has 0 atom stereocenters. The Bertz CT molecular complexity index is 716. The molecule has 16 heavy (non-hydrogen) atoms. The minimum absolute atomic E-state index is 0.177. The van der Waals surface area contributed by atoms with E-state index in [4.69, 9.17) is 14.7 Å². The van der Waals surface area contributed by atoms with Crippen molar-refractivity contribution in [3.63, 3.8) is 0 Å². The first-order valence-corrected chi connectivity index (χ1v) is 5.63. The van der Waals surface area contributed by atoms with E-state index in [0.29, 0.717) is 5.39 Å². The monoisotopic (exact) mass is 241 g/mol. The number of nitrogens with two attached hydrogens (primary N) is 1. The summed E-state index contributed by atoms with van der Waals surface area (Å²) >= 11 is 0. The zero-order valence-corrected chi connectivity index (χ0v) is 8.69. The Morgan fingerprint density at radius 3 is 2.44 bits per heavy atom. The second kappa shape index (κ2) is 3.32. The first-order chi connectivity index (χ1) is 7.39. The van der Waals surface area contributed by atoms with Gasteiger partial charge in [-0.1, -0.05) is 0 Å². The Labute approximate surface area is 90.0 Å². The topological polar surface area (TPSA) is 111 Å². The summed E-state index contributed by atoms with van der Waals surface area (Å²) in [6.07, 6.45) is 0. The molecule has 1 aromatic heterocycles. The highest BCUT2D eigenvalue weighted by Crippen LogP contribution is 2.27. The van der Waals surface area contributed by atoms with Gasteiger partial charge in [0.15, 0.2) is 10.5 Å². The molecular formula is C9H7NO5S. The zero-order chi connectivity index (χ0) is 11.9. The molecule has 0 aliphatic heterocycles. The first kappa shape index (κ1) is 10.7. The van der Waals surface area contributed by atoms with Gasteiger partial charge in [0.25, 0.3) is 10.1 Å². The van der Waals surface area contributed by atoms with Gasteiger partial charge in [-0.2, -0.15) is 8.42 Å². The summed E-state index contributed by atoms with van der Waals surface area (Å²) in [5.74, 6) is 0. The van der Waals surface area contributed by atoms with E-state index >= 15 is 0 Å². The highest BCUT2D eigenvalue weighted by Gasteiger charge is 2.20. The number of rotatable bonds is 1. The van der Waals surface area contributed by atoms with Crippen LogP contribution in [0, 0.1) is 0 Å². The molecule has 0 saturated heterocycles. The lowest BCUT2D eigenvalue weighted by Crippen LogP contribution is -2.06. The van der Waals surface area contributed by atoms with Crippen molar-refractivity contribution in [3.05, 3.63) is 34.7 Å². The van der Waals surface area contributed by atoms with Gasteiger partial charge in [-0.3, -0.25) is 4.55 Å². The van der Waals surface area contributed by atoms with E-state index in [9.17, 15) is 13.2 Å². The lowest BCUT2D eigenvalue weighted by molar-refractivity contribution is 0.480. The Morgan fingerprint density at radius 1 is 1.19 bits per heavy atom. The third-order valence-corrected chi connectivity index (χ3v) is 2.97. The Kier molecular flexibility index (Phi) is 2.21. The summed E-state index contributed by atoms with van der Waals surface area (Å²) in [6.45, 7) is 0. The van der Waals surface area contributed by atoms with Crippen LogP contribution in [0.15, 0.2) is 38.4 Å².